The number of hydrogen-bond donors (Lipinski definition) is 1. The Morgan fingerprint density at radius 1 is 1.03 bits per heavy atom. The third-order valence-electron chi connectivity index (χ3n) is 5.35. The highest BCUT2D eigenvalue weighted by Gasteiger charge is 2.46. The van der Waals surface area contributed by atoms with Crippen molar-refractivity contribution in [2.75, 3.05) is 10.2 Å². The van der Waals surface area contributed by atoms with Crippen molar-refractivity contribution in [3.05, 3.63) is 60.2 Å². The lowest BCUT2D eigenvalue weighted by atomic mass is 10.1. The molecular weight excluding hydrogens is 382 g/mol. The second-order valence-corrected chi connectivity index (χ2v) is 7.74. The van der Waals surface area contributed by atoms with Crippen LogP contribution in [0.4, 0.5) is 11.4 Å². The molecule has 1 aliphatic carbocycles. The summed E-state index contributed by atoms with van der Waals surface area (Å²) in [5.41, 5.74) is 1.93. The molecule has 2 fully saturated rings. The minimum Gasteiger partial charge on any atom is -0.326 e. The van der Waals surface area contributed by atoms with Crippen LogP contribution in [0.5, 0.6) is 0 Å². The van der Waals surface area contributed by atoms with Gasteiger partial charge in [-0.25, -0.2) is 4.90 Å². The smallest absolute Gasteiger partial charge is 0.257 e. The molecule has 4 amide bonds. The van der Waals surface area contributed by atoms with Crippen molar-refractivity contribution >= 4 is 35.0 Å². The molecule has 2 aromatic carbocycles. The molecular formula is C23H23N3O4. The van der Waals surface area contributed by atoms with Crippen molar-refractivity contribution in [2.45, 2.75) is 38.8 Å². The predicted molar refractivity (Wildman–Crippen MR) is 111 cm³/mol. The highest BCUT2D eigenvalue weighted by Crippen LogP contribution is 2.35. The molecule has 30 heavy (non-hydrogen) atoms. The third kappa shape index (κ3) is 4.10. The van der Waals surface area contributed by atoms with Gasteiger partial charge >= 0.3 is 0 Å². The molecule has 0 bridgehead atoms. The van der Waals surface area contributed by atoms with Gasteiger partial charge in [-0.3, -0.25) is 19.2 Å². The normalized spacial score (nSPS) is 18.4. The number of carbonyl (C=O) groups excluding carboxylic acids is 4. The van der Waals surface area contributed by atoms with E-state index in [0.29, 0.717) is 17.9 Å². The summed E-state index contributed by atoms with van der Waals surface area (Å²) in [6.45, 7) is 1.71. The van der Waals surface area contributed by atoms with Gasteiger partial charge in [0.1, 0.15) is 6.04 Å². The number of imide groups is 1. The number of nitrogens with one attached hydrogen (secondary N) is 1. The molecule has 1 saturated heterocycles. The Bertz CT molecular complexity index is 983. The van der Waals surface area contributed by atoms with E-state index in [2.05, 4.69) is 5.32 Å². The van der Waals surface area contributed by atoms with E-state index in [-0.39, 0.29) is 30.1 Å². The zero-order valence-electron chi connectivity index (χ0n) is 16.7. The molecule has 1 atom stereocenters. The second kappa shape index (κ2) is 8.10. The first-order chi connectivity index (χ1) is 14.4. The Morgan fingerprint density at radius 3 is 2.30 bits per heavy atom. The van der Waals surface area contributed by atoms with Crippen LogP contribution in [0.3, 0.4) is 0 Å². The summed E-state index contributed by atoms with van der Waals surface area (Å²) >= 11 is 0. The van der Waals surface area contributed by atoms with Crippen molar-refractivity contribution in [1.82, 2.24) is 4.90 Å². The fourth-order valence-electron chi connectivity index (χ4n) is 3.71. The summed E-state index contributed by atoms with van der Waals surface area (Å²) in [5.74, 6) is -1.04. The summed E-state index contributed by atoms with van der Waals surface area (Å²) in [5, 5.41) is 2.65. The van der Waals surface area contributed by atoms with Crippen LogP contribution in [0.2, 0.25) is 0 Å². The van der Waals surface area contributed by atoms with E-state index >= 15 is 0 Å². The minimum absolute atomic E-state index is 0.0302. The summed E-state index contributed by atoms with van der Waals surface area (Å²) < 4.78 is 0. The lowest BCUT2D eigenvalue weighted by molar-refractivity contribution is -0.140. The summed E-state index contributed by atoms with van der Waals surface area (Å²) in [7, 11) is 0. The van der Waals surface area contributed by atoms with Crippen LogP contribution in [-0.4, -0.2) is 34.6 Å². The maximum absolute atomic E-state index is 13.2. The first-order valence-electron chi connectivity index (χ1n) is 10.0. The monoisotopic (exact) mass is 405 g/mol. The third-order valence-corrected chi connectivity index (χ3v) is 5.35. The number of carbonyl (C=O) groups is 4. The molecule has 2 aromatic rings. The number of anilines is 2. The van der Waals surface area contributed by atoms with Crippen LogP contribution in [0.15, 0.2) is 54.6 Å². The van der Waals surface area contributed by atoms with Gasteiger partial charge in [-0.05, 0) is 42.7 Å². The van der Waals surface area contributed by atoms with Gasteiger partial charge in [-0.2, -0.15) is 0 Å². The van der Waals surface area contributed by atoms with Crippen molar-refractivity contribution in [3.63, 3.8) is 0 Å². The Hall–Kier alpha value is -3.48. The SMILES string of the molecule is CC(=O)Nc1ccc(N2C(=O)CC(N(Cc3ccccc3)C(=O)C3CC3)C2=O)cc1. The molecule has 1 N–H and O–H groups in total. The van der Waals surface area contributed by atoms with E-state index in [9.17, 15) is 19.2 Å². The molecule has 0 aromatic heterocycles. The summed E-state index contributed by atoms with van der Waals surface area (Å²) in [6.07, 6.45) is 1.62. The van der Waals surface area contributed by atoms with Gasteiger partial charge in [0.25, 0.3) is 5.91 Å². The van der Waals surface area contributed by atoms with Crippen molar-refractivity contribution in [1.29, 1.82) is 0 Å². The van der Waals surface area contributed by atoms with Crippen LogP contribution >= 0.6 is 0 Å². The first-order valence-corrected chi connectivity index (χ1v) is 10.0. The van der Waals surface area contributed by atoms with Gasteiger partial charge in [0, 0.05) is 25.1 Å². The molecule has 1 unspecified atom stereocenters. The molecule has 0 spiro atoms. The maximum Gasteiger partial charge on any atom is 0.257 e. The van der Waals surface area contributed by atoms with E-state index in [4.69, 9.17) is 0 Å². The fourth-order valence-corrected chi connectivity index (χ4v) is 3.71. The molecule has 1 aliphatic heterocycles. The molecule has 7 nitrogen and oxygen atoms in total. The van der Waals surface area contributed by atoms with Gasteiger partial charge in [0.05, 0.1) is 12.1 Å². The zero-order valence-corrected chi connectivity index (χ0v) is 16.7. The number of nitrogens with zero attached hydrogens (tertiary/aromatic N) is 2. The van der Waals surface area contributed by atoms with Gasteiger partial charge in [0.15, 0.2) is 0 Å². The Kier molecular flexibility index (Phi) is 5.35. The van der Waals surface area contributed by atoms with Crippen LogP contribution in [-0.2, 0) is 25.7 Å². The number of amides is 4. The highest BCUT2D eigenvalue weighted by molar-refractivity contribution is 6.23. The van der Waals surface area contributed by atoms with Gasteiger partial charge in [-0.1, -0.05) is 30.3 Å². The maximum atomic E-state index is 13.2. The molecule has 7 heteroatoms. The van der Waals surface area contributed by atoms with E-state index in [0.717, 1.165) is 23.3 Å². The van der Waals surface area contributed by atoms with Crippen LogP contribution in [0, 0.1) is 5.92 Å². The van der Waals surface area contributed by atoms with E-state index in [1.54, 1.807) is 29.2 Å². The van der Waals surface area contributed by atoms with Crippen LogP contribution in [0.1, 0.15) is 31.7 Å². The fraction of sp³-hybridized carbons (Fsp3) is 0.304. The van der Waals surface area contributed by atoms with Crippen LogP contribution < -0.4 is 10.2 Å². The topological polar surface area (TPSA) is 86.8 Å². The van der Waals surface area contributed by atoms with Gasteiger partial charge in [0.2, 0.25) is 17.7 Å². The summed E-state index contributed by atoms with van der Waals surface area (Å²) in [4.78, 5) is 52.8. The van der Waals surface area contributed by atoms with Crippen molar-refractivity contribution in [3.8, 4) is 0 Å². The van der Waals surface area contributed by atoms with Crippen molar-refractivity contribution in [2.24, 2.45) is 5.92 Å². The standard InChI is InChI=1S/C23H23N3O4/c1-15(27)24-18-9-11-19(12-10-18)26-21(28)13-20(23(26)30)25(22(29)17-7-8-17)14-16-5-3-2-4-6-16/h2-6,9-12,17,20H,7-8,13-14H2,1H3,(H,24,27). The minimum atomic E-state index is -0.805. The number of hydrogen-bond acceptors (Lipinski definition) is 4. The molecule has 0 radical (unpaired) electrons. The predicted octanol–water partition coefficient (Wildman–Crippen LogP) is 2.72. The molecule has 1 heterocycles. The van der Waals surface area contributed by atoms with Crippen molar-refractivity contribution < 1.29 is 19.2 Å². The number of rotatable bonds is 6. The lowest BCUT2D eigenvalue weighted by Crippen LogP contribution is -2.45. The Labute approximate surface area is 174 Å². The average Bonchev–Trinajstić information content (AvgIpc) is 3.53. The number of benzene rings is 2. The Morgan fingerprint density at radius 2 is 1.70 bits per heavy atom. The quantitative estimate of drug-likeness (QED) is 0.749. The van der Waals surface area contributed by atoms with Gasteiger partial charge < -0.3 is 10.2 Å². The lowest BCUT2D eigenvalue weighted by Gasteiger charge is -2.28. The molecule has 2 aliphatic rings. The Balaban J connectivity index is 1.57. The highest BCUT2D eigenvalue weighted by atomic mass is 16.2. The second-order valence-electron chi connectivity index (χ2n) is 7.74. The van der Waals surface area contributed by atoms with E-state index in [1.807, 2.05) is 30.3 Å². The van der Waals surface area contributed by atoms with Gasteiger partial charge in [-0.15, -0.1) is 0 Å². The largest absolute Gasteiger partial charge is 0.326 e. The molecule has 1 saturated carbocycles. The van der Waals surface area contributed by atoms with Crippen LogP contribution in [0.25, 0.3) is 0 Å². The first kappa shape index (κ1) is 19.8. The summed E-state index contributed by atoms with van der Waals surface area (Å²) in [6, 6.07) is 15.2. The molecule has 154 valence electrons. The van der Waals surface area contributed by atoms with E-state index < -0.39 is 11.9 Å². The van der Waals surface area contributed by atoms with E-state index in [1.165, 1.54) is 6.92 Å². The average molecular weight is 405 g/mol. The molecule has 4 rings (SSSR count). The zero-order chi connectivity index (χ0) is 21.3.